The van der Waals surface area contributed by atoms with Crippen molar-refractivity contribution >= 4 is 16.5 Å². The van der Waals surface area contributed by atoms with Gasteiger partial charge in [-0.15, -0.1) is 0 Å². The SMILES string of the molecule is Cc1cccc2c(C3=CN4CCC3CC4)c[nH]c12. The van der Waals surface area contributed by atoms with Gasteiger partial charge in [0.1, 0.15) is 0 Å². The Labute approximate surface area is 107 Å². The van der Waals surface area contributed by atoms with Crippen LogP contribution in [-0.2, 0) is 0 Å². The lowest BCUT2D eigenvalue weighted by Gasteiger charge is -2.39. The summed E-state index contributed by atoms with van der Waals surface area (Å²) < 4.78 is 0. The molecule has 1 aromatic carbocycles. The average molecular weight is 238 g/mol. The minimum atomic E-state index is 0.773. The molecule has 0 saturated carbocycles. The number of fused-ring (bicyclic) bond motifs is 3. The first-order valence-electron chi connectivity index (χ1n) is 6.86. The van der Waals surface area contributed by atoms with Crippen LogP contribution >= 0.6 is 0 Å². The van der Waals surface area contributed by atoms with Gasteiger partial charge in [-0.25, -0.2) is 0 Å². The highest BCUT2D eigenvalue weighted by molar-refractivity contribution is 5.94. The molecule has 1 saturated heterocycles. The number of aromatic nitrogens is 1. The third-order valence-corrected chi connectivity index (χ3v) is 4.53. The van der Waals surface area contributed by atoms with Gasteiger partial charge in [0.05, 0.1) is 0 Å². The number of hydrogen-bond acceptors (Lipinski definition) is 1. The fraction of sp³-hybridized carbons (Fsp3) is 0.375. The lowest BCUT2D eigenvalue weighted by atomic mass is 9.82. The third-order valence-electron chi connectivity index (χ3n) is 4.53. The molecule has 0 radical (unpaired) electrons. The lowest BCUT2D eigenvalue weighted by molar-refractivity contribution is 0.252. The topological polar surface area (TPSA) is 19.0 Å². The fourth-order valence-corrected chi connectivity index (χ4v) is 3.48. The molecule has 3 aliphatic rings. The molecule has 0 atom stereocenters. The second-order valence-corrected chi connectivity index (χ2v) is 5.59. The molecule has 1 N–H and O–H groups in total. The summed E-state index contributed by atoms with van der Waals surface area (Å²) in [4.78, 5) is 5.93. The fourth-order valence-electron chi connectivity index (χ4n) is 3.48. The van der Waals surface area contributed by atoms with Crippen molar-refractivity contribution in [3.8, 4) is 0 Å². The smallest absolute Gasteiger partial charge is 0.0489 e. The van der Waals surface area contributed by atoms with E-state index >= 15 is 0 Å². The van der Waals surface area contributed by atoms with Crippen LogP contribution in [0.25, 0.3) is 16.5 Å². The Bertz CT molecular complexity index is 628. The second-order valence-electron chi connectivity index (χ2n) is 5.59. The van der Waals surface area contributed by atoms with E-state index in [-0.39, 0.29) is 0 Å². The molecule has 1 aromatic heterocycles. The number of nitrogens with one attached hydrogen (secondary N) is 1. The van der Waals surface area contributed by atoms with E-state index in [9.17, 15) is 0 Å². The van der Waals surface area contributed by atoms with Crippen LogP contribution in [0, 0.1) is 12.8 Å². The number of hydrogen-bond donors (Lipinski definition) is 1. The number of benzene rings is 1. The van der Waals surface area contributed by atoms with Crippen LogP contribution in [-0.4, -0.2) is 23.0 Å². The Morgan fingerprint density at radius 3 is 2.78 bits per heavy atom. The highest BCUT2D eigenvalue weighted by atomic mass is 15.1. The molecule has 92 valence electrons. The Hall–Kier alpha value is -1.70. The van der Waals surface area contributed by atoms with Gasteiger partial charge in [-0.05, 0) is 36.8 Å². The van der Waals surface area contributed by atoms with Crippen molar-refractivity contribution in [2.75, 3.05) is 13.1 Å². The molecule has 18 heavy (non-hydrogen) atoms. The molecule has 4 heterocycles. The molecule has 2 heteroatoms. The van der Waals surface area contributed by atoms with Gasteiger partial charge in [-0.1, -0.05) is 18.2 Å². The molecule has 5 rings (SSSR count). The molecule has 0 aliphatic carbocycles. The van der Waals surface area contributed by atoms with Gasteiger partial charge in [0.15, 0.2) is 0 Å². The first-order chi connectivity index (χ1) is 8.83. The molecule has 0 spiro atoms. The van der Waals surface area contributed by atoms with E-state index in [1.165, 1.54) is 48.0 Å². The van der Waals surface area contributed by atoms with Gasteiger partial charge < -0.3 is 9.88 Å². The van der Waals surface area contributed by atoms with Crippen molar-refractivity contribution in [2.24, 2.45) is 5.92 Å². The van der Waals surface area contributed by atoms with Crippen LogP contribution in [0.15, 0.2) is 30.6 Å². The van der Waals surface area contributed by atoms with Gasteiger partial charge in [-0.3, -0.25) is 0 Å². The predicted molar refractivity (Wildman–Crippen MR) is 75.3 cm³/mol. The third kappa shape index (κ3) is 1.35. The first kappa shape index (κ1) is 10.2. The summed E-state index contributed by atoms with van der Waals surface area (Å²) in [7, 11) is 0. The number of nitrogens with zero attached hydrogens (tertiary/aromatic N) is 1. The zero-order valence-corrected chi connectivity index (χ0v) is 10.7. The van der Waals surface area contributed by atoms with Crippen molar-refractivity contribution in [3.63, 3.8) is 0 Å². The highest BCUT2D eigenvalue weighted by Crippen LogP contribution is 2.40. The Balaban J connectivity index is 1.91. The van der Waals surface area contributed by atoms with Crippen LogP contribution in [0.4, 0.5) is 0 Å². The normalized spacial score (nSPS) is 19.6. The summed E-state index contributed by atoms with van der Waals surface area (Å²) in [5.41, 5.74) is 5.60. The second kappa shape index (κ2) is 3.64. The molecule has 1 fully saturated rings. The molecular weight excluding hydrogens is 220 g/mol. The number of allylic oxidation sites excluding steroid dienone is 1. The van der Waals surface area contributed by atoms with Gasteiger partial charge in [0.2, 0.25) is 0 Å². The van der Waals surface area contributed by atoms with E-state index in [1.54, 1.807) is 5.57 Å². The largest absolute Gasteiger partial charge is 0.377 e. The maximum absolute atomic E-state index is 3.45. The average Bonchev–Trinajstić information content (AvgIpc) is 2.85. The standard InChI is InChI=1S/C16H18N2/c1-11-3-2-4-13-14(9-17-16(11)13)15-10-18-7-5-12(15)6-8-18/h2-4,9-10,12,17H,5-8H2,1H3. The van der Waals surface area contributed by atoms with Gasteiger partial charge in [0, 0.05) is 42.0 Å². The summed E-state index contributed by atoms with van der Waals surface area (Å²) in [6.07, 6.45) is 7.24. The number of aromatic amines is 1. The molecule has 0 unspecified atom stereocenters. The zero-order chi connectivity index (χ0) is 12.1. The van der Waals surface area contributed by atoms with Gasteiger partial charge >= 0.3 is 0 Å². The summed E-state index contributed by atoms with van der Waals surface area (Å²) in [6, 6.07) is 6.58. The number of H-pyrrole nitrogens is 1. The number of para-hydroxylation sites is 1. The molecule has 2 aromatic rings. The zero-order valence-electron chi connectivity index (χ0n) is 10.7. The Kier molecular flexibility index (Phi) is 2.07. The Morgan fingerprint density at radius 1 is 1.22 bits per heavy atom. The van der Waals surface area contributed by atoms with Crippen LogP contribution in [0.1, 0.15) is 24.0 Å². The summed E-state index contributed by atoms with van der Waals surface area (Å²) in [5.74, 6) is 0.773. The quantitative estimate of drug-likeness (QED) is 0.805. The maximum atomic E-state index is 3.45. The van der Waals surface area contributed by atoms with E-state index < -0.39 is 0 Å². The van der Waals surface area contributed by atoms with Crippen molar-refractivity contribution in [3.05, 3.63) is 41.7 Å². The monoisotopic (exact) mass is 238 g/mol. The van der Waals surface area contributed by atoms with Crippen LogP contribution in [0.2, 0.25) is 0 Å². The van der Waals surface area contributed by atoms with E-state index in [1.807, 2.05) is 0 Å². The van der Waals surface area contributed by atoms with Crippen molar-refractivity contribution in [1.82, 2.24) is 9.88 Å². The van der Waals surface area contributed by atoms with Crippen molar-refractivity contribution in [1.29, 1.82) is 0 Å². The van der Waals surface area contributed by atoms with E-state index in [4.69, 9.17) is 0 Å². The maximum Gasteiger partial charge on any atom is 0.0489 e. The van der Waals surface area contributed by atoms with E-state index in [0.29, 0.717) is 0 Å². The highest BCUT2D eigenvalue weighted by Gasteiger charge is 2.28. The van der Waals surface area contributed by atoms with Crippen LogP contribution < -0.4 is 0 Å². The number of aryl methyl sites for hydroxylation is 1. The minimum absolute atomic E-state index is 0.773. The molecule has 2 bridgehead atoms. The first-order valence-corrected chi connectivity index (χ1v) is 6.86. The Morgan fingerprint density at radius 2 is 2.06 bits per heavy atom. The summed E-state index contributed by atoms with van der Waals surface area (Å²) in [6.45, 7) is 4.67. The minimum Gasteiger partial charge on any atom is -0.377 e. The molecule has 3 aliphatic heterocycles. The van der Waals surface area contributed by atoms with Gasteiger partial charge in [-0.2, -0.15) is 0 Å². The molecule has 0 amide bonds. The summed E-state index contributed by atoms with van der Waals surface area (Å²) >= 11 is 0. The van der Waals surface area contributed by atoms with E-state index in [2.05, 4.69) is 47.4 Å². The number of rotatable bonds is 1. The van der Waals surface area contributed by atoms with Crippen LogP contribution in [0.3, 0.4) is 0 Å². The van der Waals surface area contributed by atoms with Crippen molar-refractivity contribution in [2.45, 2.75) is 19.8 Å². The van der Waals surface area contributed by atoms with Gasteiger partial charge in [0.25, 0.3) is 0 Å². The van der Waals surface area contributed by atoms with Crippen molar-refractivity contribution < 1.29 is 0 Å². The number of piperidine rings is 1. The van der Waals surface area contributed by atoms with E-state index in [0.717, 1.165) is 5.92 Å². The van der Waals surface area contributed by atoms with Crippen LogP contribution in [0.5, 0.6) is 0 Å². The lowest BCUT2D eigenvalue weighted by Crippen LogP contribution is -2.35. The summed E-state index contributed by atoms with van der Waals surface area (Å²) in [5, 5.41) is 1.38. The molecular formula is C16H18N2. The predicted octanol–water partition coefficient (Wildman–Crippen LogP) is 3.54. The molecule has 2 nitrogen and oxygen atoms in total.